The van der Waals surface area contributed by atoms with Crippen molar-refractivity contribution in [1.29, 1.82) is 0 Å². The van der Waals surface area contributed by atoms with E-state index < -0.39 is 5.97 Å². The Morgan fingerprint density at radius 2 is 1.77 bits per heavy atom. The summed E-state index contributed by atoms with van der Waals surface area (Å²) in [6, 6.07) is 0. The summed E-state index contributed by atoms with van der Waals surface area (Å²) in [6.07, 6.45) is 16.5. The number of aliphatic carboxylic acids is 1. The molecule has 35 heavy (non-hydrogen) atoms. The van der Waals surface area contributed by atoms with Gasteiger partial charge in [-0.3, -0.25) is 9.59 Å². The van der Waals surface area contributed by atoms with Crippen LogP contribution in [-0.2, 0) is 9.59 Å². The Morgan fingerprint density at radius 1 is 1.03 bits per heavy atom. The van der Waals surface area contributed by atoms with E-state index >= 15 is 0 Å². The molecule has 5 heteroatoms. The highest BCUT2D eigenvalue weighted by Gasteiger charge is 2.59. The van der Waals surface area contributed by atoms with E-state index in [0.717, 1.165) is 69.7 Å². The minimum Gasteiger partial charge on any atom is -0.481 e. The molecular weight excluding hydrogens is 438 g/mol. The summed E-state index contributed by atoms with van der Waals surface area (Å²) < 4.78 is 0. The van der Waals surface area contributed by atoms with E-state index in [0.29, 0.717) is 11.8 Å². The molecule has 8 atom stereocenters. The SMILES string of the molecule is C[C@H](C(=O)NCCCCCCCC(=O)O)[C@H]1CC[C@H]2C3CC=C4C[C@@H](O)CC[C@]4(C)[C@H]3CC[C@]12C. The van der Waals surface area contributed by atoms with E-state index in [-0.39, 0.29) is 35.2 Å². The van der Waals surface area contributed by atoms with Crippen LogP contribution in [0.25, 0.3) is 0 Å². The first-order chi connectivity index (χ1) is 16.7. The van der Waals surface area contributed by atoms with Gasteiger partial charge in [0.1, 0.15) is 0 Å². The second-order valence-corrected chi connectivity index (χ2v) is 12.9. The number of aliphatic hydroxyl groups is 1. The molecule has 4 rings (SSSR count). The van der Waals surface area contributed by atoms with Gasteiger partial charge in [-0.1, -0.05) is 51.7 Å². The molecule has 3 fully saturated rings. The van der Waals surface area contributed by atoms with E-state index in [4.69, 9.17) is 5.11 Å². The van der Waals surface area contributed by atoms with Crippen molar-refractivity contribution in [2.45, 2.75) is 117 Å². The Bertz CT molecular complexity index is 808. The number of rotatable bonds is 10. The van der Waals surface area contributed by atoms with Crippen LogP contribution >= 0.6 is 0 Å². The number of unbranched alkanes of at least 4 members (excludes halogenated alkanes) is 4. The van der Waals surface area contributed by atoms with Crippen LogP contribution in [-0.4, -0.2) is 34.7 Å². The predicted molar refractivity (Wildman–Crippen MR) is 139 cm³/mol. The Morgan fingerprint density at radius 3 is 2.54 bits per heavy atom. The minimum absolute atomic E-state index is 0.0622. The lowest BCUT2D eigenvalue weighted by molar-refractivity contribution is -0.137. The maximum Gasteiger partial charge on any atom is 0.303 e. The molecule has 0 saturated heterocycles. The number of carbonyl (C=O) groups is 2. The lowest BCUT2D eigenvalue weighted by Crippen LogP contribution is -2.51. The second-order valence-electron chi connectivity index (χ2n) is 12.9. The van der Waals surface area contributed by atoms with Crippen molar-refractivity contribution < 1.29 is 19.8 Å². The van der Waals surface area contributed by atoms with Gasteiger partial charge in [0.25, 0.3) is 0 Å². The number of fused-ring (bicyclic) bond motifs is 5. The summed E-state index contributed by atoms with van der Waals surface area (Å²) in [5, 5.41) is 22.2. The fourth-order valence-electron chi connectivity index (χ4n) is 8.99. The molecule has 0 bridgehead atoms. The number of allylic oxidation sites excluding steroid dienone is 1. The van der Waals surface area contributed by atoms with Crippen molar-refractivity contribution in [3.05, 3.63) is 11.6 Å². The largest absolute Gasteiger partial charge is 0.481 e. The highest BCUT2D eigenvalue weighted by atomic mass is 16.4. The summed E-state index contributed by atoms with van der Waals surface area (Å²) in [6.45, 7) is 7.88. The maximum atomic E-state index is 13.1. The summed E-state index contributed by atoms with van der Waals surface area (Å²) in [5.41, 5.74) is 2.07. The molecule has 4 aliphatic carbocycles. The number of amides is 1. The van der Waals surface area contributed by atoms with Crippen LogP contribution in [0.1, 0.15) is 111 Å². The van der Waals surface area contributed by atoms with Crippen molar-refractivity contribution in [1.82, 2.24) is 5.32 Å². The summed E-state index contributed by atoms with van der Waals surface area (Å²) in [7, 11) is 0. The molecule has 3 N–H and O–H groups in total. The number of aliphatic hydroxyl groups excluding tert-OH is 1. The quantitative estimate of drug-likeness (QED) is 0.256. The van der Waals surface area contributed by atoms with Gasteiger partial charge < -0.3 is 15.5 Å². The van der Waals surface area contributed by atoms with E-state index in [1.54, 1.807) is 0 Å². The van der Waals surface area contributed by atoms with Crippen LogP contribution in [0.3, 0.4) is 0 Å². The smallest absolute Gasteiger partial charge is 0.303 e. The average molecular weight is 488 g/mol. The molecular formula is C30H49NO4. The van der Waals surface area contributed by atoms with Gasteiger partial charge in [0.15, 0.2) is 0 Å². The Balaban J connectivity index is 1.29. The molecule has 0 aromatic heterocycles. The fourth-order valence-corrected chi connectivity index (χ4v) is 8.99. The number of nitrogens with one attached hydrogen (secondary N) is 1. The highest BCUT2D eigenvalue weighted by Crippen LogP contribution is 2.67. The second kappa shape index (κ2) is 10.9. The lowest BCUT2D eigenvalue weighted by Gasteiger charge is -2.58. The average Bonchev–Trinajstić information content (AvgIpc) is 3.17. The van der Waals surface area contributed by atoms with E-state index in [2.05, 4.69) is 32.2 Å². The van der Waals surface area contributed by atoms with Crippen LogP contribution in [0.2, 0.25) is 0 Å². The molecule has 3 saturated carbocycles. The molecule has 0 heterocycles. The zero-order valence-corrected chi connectivity index (χ0v) is 22.4. The summed E-state index contributed by atoms with van der Waals surface area (Å²) in [5.74, 6) is 2.24. The van der Waals surface area contributed by atoms with Gasteiger partial charge in [-0.2, -0.15) is 0 Å². The van der Waals surface area contributed by atoms with Gasteiger partial charge >= 0.3 is 5.97 Å². The molecule has 0 spiro atoms. The topological polar surface area (TPSA) is 86.6 Å². The van der Waals surface area contributed by atoms with Crippen molar-refractivity contribution in [2.75, 3.05) is 6.54 Å². The van der Waals surface area contributed by atoms with E-state index in [1.165, 1.54) is 37.7 Å². The number of hydrogen-bond acceptors (Lipinski definition) is 3. The Labute approximate surface area is 212 Å². The third-order valence-corrected chi connectivity index (χ3v) is 11.0. The molecule has 198 valence electrons. The summed E-state index contributed by atoms with van der Waals surface area (Å²) >= 11 is 0. The van der Waals surface area contributed by atoms with Crippen LogP contribution < -0.4 is 5.32 Å². The number of hydrogen-bond donors (Lipinski definition) is 3. The fraction of sp³-hybridized carbons (Fsp3) is 0.867. The molecule has 1 unspecified atom stereocenters. The molecule has 4 aliphatic rings. The van der Waals surface area contributed by atoms with Gasteiger partial charge in [0, 0.05) is 18.9 Å². The standard InChI is InChI=1S/C30H49NO4/c1-20(28(35)31-18-8-6-4-5-7-9-27(33)34)24-12-13-25-23-11-10-21-19-22(32)14-16-29(21,2)26(23)15-17-30(24,25)3/h10,20,22-26,32H,4-9,11-19H2,1-3H3,(H,31,35)(H,33,34)/t20-,22-,23?,24+,25-,26-,29-,30+/m0/s1. The number of carboxylic acid groups (broad SMARTS) is 1. The van der Waals surface area contributed by atoms with Crippen LogP contribution in [0.4, 0.5) is 0 Å². The van der Waals surface area contributed by atoms with Crippen LogP contribution in [0.15, 0.2) is 11.6 Å². The molecule has 1 amide bonds. The zero-order valence-electron chi connectivity index (χ0n) is 22.4. The Hall–Kier alpha value is -1.36. The first-order valence-electron chi connectivity index (χ1n) is 14.5. The molecule has 0 aliphatic heterocycles. The van der Waals surface area contributed by atoms with Crippen molar-refractivity contribution in [2.24, 2.45) is 40.4 Å². The molecule has 0 aromatic carbocycles. The first-order valence-corrected chi connectivity index (χ1v) is 14.5. The third-order valence-electron chi connectivity index (χ3n) is 11.0. The first kappa shape index (κ1) is 26.7. The van der Waals surface area contributed by atoms with Gasteiger partial charge in [0.2, 0.25) is 5.91 Å². The monoisotopic (exact) mass is 487 g/mol. The van der Waals surface area contributed by atoms with Gasteiger partial charge in [0.05, 0.1) is 6.10 Å². The summed E-state index contributed by atoms with van der Waals surface area (Å²) in [4.78, 5) is 23.7. The highest BCUT2D eigenvalue weighted by molar-refractivity contribution is 5.78. The van der Waals surface area contributed by atoms with Crippen LogP contribution in [0.5, 0.6) is 0 Å². The van der Waals surface area contributed by atoms with E-state index in [9.17, 15) is 14.7 Å². The predicted octanol–water partition coefficient (Wildman–Crippen LogP) is 6.10. The van der Waals surface area contributed by atoms with Gasteiger partial charge in [-0.05, 0) is 98.7 Å². The van der Waals surface area contributed by atoms with Gasteiger partial charge in [-0.25, -0.2) is 0 Å². The van der Waals surface area contributed by atoms with Crippen molar-refractivity contribution in [3.63, 3.8) is 0 Å². The number of carboxylic acids is 1. The Kier molecular flexibility index (Phi) is 8.35. The van der Waals surface area contributed by atoms with Gasteiger partial charge in [-0.15, -0.1) is 0 Å². The normalized spacial score (nSPS) is 39.1. The number of carbonyl (C=O) groups excluding carboxylic acids is 1. The third kappa shape index (κ3) is 5.36. The van der Waals surface area contributed by atoms with Crippen molar-refractivity contribution in [3.8, 4) is 0 Å². The van der Waals surface area contributed by atoms with Crippen molar-refractivity contribution >= 4 is 11.9 Å². The van der Waals surface area contributed by atoms with E-state index in [1.807, 2.05) is 0 Å². The molecule has 0 aromatic rings. The lowest BCUT2D eigenvalue weighted by atomic mass is 9.47. The zero-order chi connectivity index (χ0) is 25.2. The van der Waals surface area contributed by atoms with Crippen LogP contribution in [0, 0.1) is 40.4 Å². The molecule has 5 nitrogen and oxygen atoms in total. The maximum absolute atomic E-state index is 13.1. The molecule has 0 radical (unpaired) electrons. The minimum atomic E-state index is -0.713.